The van der Waals surface area contributed by atoms with Crippen molar-refractivity contribution in [3.63, 3.8) is 0 Å². The van der Waals surface area contributed by atoms with Crippen molar-refractivity contribution in [1.82, 2.24) is 5.32 Å². The third-order valence-corrected chi connectivity index (χ3v) is 5.30. The van der Waals surface area contributed by atoms with Crippen molar-refractivity contribution in [3.05, 3.63) is 34.9 Å². The Hall–Kier alpha value is -0.570. The smallest absolute Gasteiger partial charge is 0.0408 e. The Bertz CT molecular complexity index is 458. The van der Waals surface area contributed by atoms with E-state index in [9.17, 15) is 0 Å². The second-order valence-corrected chi connectivity index (χ2v) is 7.08. The molecule has 0 spiro atoms. The molecule has 0 aliphatic heterocycles. The summed E-state index contributed by atoms with van der Waals surface area (Å²) < 4.78 is 0. The second kappa shape index (κ2) is 6.05. The predicted molar refractivity (Wildman–Crippen MR) is 85.2 cm³/mol. The zero-order chi connectivity index (χ0) is 14.0. The minimum absolute atomic E-state index is 0.115. The summed E-state index contributed by atoms with van der Waals surface area (Å²) in [4.78, 5) is 0. The van der Waals surface area contributed by atoms with Gasteiger partial charge in [0.1, 0.15) is 0 Å². The number of benzene rings is 1. The van der Waals surface area contributed by atoms with Gasteiger partial charge in [0.2, 0.25) is 0 Å². The van der Waals surface area contributed by atoms with Gasteiger partial charge in [0, 0.05) is 23.0 Å². The number of nitrogens with two attached hydrogens (primary N) is 1. The van der Waals surface area contributed by atoms with E-state index in [2.05, 4.69) is 23.5 Å². The second-order valence-electron chi connectivity index (χ2n) is 6.64. The summed E-state index contributed by atoms with van der Waals surface area (Å²) in [6.07, 6.45) is 7.70. The molecule has 2 fully saturated rings. The van der Waals surface area contributed by atoms with Gasteiger partial charge in [-0.3, -0.25) is 0 Å². The minimum atomic E-state index is 0.115. The van der Waals surface area contributed by atoms with Crippen LogP contribution in [0.1, 0.15) is 44.1 Å². The Morgan fingerprint density at radius 1 is 1.30 bits per heavy atom. The van der Waals surface area contributed by atoms with Crippen LogP contribution in [0.25, 0.3) is 0 Å². The van der Waals surface area contributed by atoms with Gasteiger partial charge in [0.25, 0.3) is 0 Å². The van der Waals surface area contributed by atoms with Gasteiger partial charge in [-0.25, -0.2) is 0 Å². The van der Waals surface area contributed by atoms with Crippen molar-refractivity contribution in [1.29, 1.82) is 0 Å². The molecule has 2 aliphatic carbocycles. The highest BCUT2D eigenvalue weighted by atomic mass is 35.5. The van der Waals surface area contributed by atoms with Crippen LogP contribution in [-0.2, 0) is 5.41 Å². The highest BCUT2D eigenvalue weighted by Gasteiger charge is 2.37. The molecular formula is C17H25ClN2. The molecule has 3 N–H and O–H groups in total. The number of nitrogens with one attached hydrogen (secondary N) is 1. The first-order valence-corrected chi connectivity index (χ1v) is 8.29. The topological polar surface area (TPSA) is 38.0 Å². The Balaban J connectivity index is 1.72. The van der Waals surface area contributed by atoms with E-state index in [-0.39, 0.29) is 5.41 Å². The van der Waals surface area contributed by atoms with E-state index in [4.69, 9.17) is 17.3 Å². The van der Waals surface area contributed by atoms with Gasteiger partial charge in [-0.15, -0.1) is 0 Å². The maximum absolute atomic E-state index is 6.18. The van der Waals surface area contributed by atoms with Crippen LogP contribution in [0.5, 0.6) is 0 Å². The summed E-state index contributed by atoms with van der Waals surface area (Å²) in [5.41, 5.74) is 7.62. The van der Waals surface area contributed by atoms with Crippen LogP contribution in [0, 0.1) is 5.92 Å². The predicted octanol–water partition coefficient (Wildman–Crippen LogP) is 3.48. The van der Waals surface area contributed by atoms with Gasteiger partial charge in [-0.2, -0.15) is 0 Å². The Labute approximate surface area is 127 Å². The van der Waals surface area contributed by atoms with Crippen LogP contribution in [0.15, 0.2) is 24.3 Å². The highest BCUT2D eigenvalue weighted by molar-refractivity contribution is 6.30. The number of hydrogen-bond donors (Lipinski definition) is 2. The number of hydrogen-bond acceptors (Lipinski definition) is 2. The third-order valence-electron chi connectivity index (χ3n) is 5.06. The maximum atomic E-state index is 6.18. The van der Waals surface area contributed by atoms with Gasteiger partial charge < -0.3 is 11.1 Å². The summed E-state index contributed by atoms with van der Waals surface area (Å²) in [5, 5.41) is 4.59. The lowest BCUT2D eigenvalue weighted by molar-refractivity contribution is 0.243. The molecule has 2 aliphatic rings. The molecule has 0 bridgehead atoms. The molecular weight excluding hydrogens is 268 g/mol. The molecule has 2 nitrogen and oxygen atoms in total. The van der Waals surface area contributed by atoms with Crippen molar-refractivity contribution in [2.24, 2.45) is 11.7 Å². The van der Waals surface area contributed by atoms with Crippen molar-refractivity contribution in [3.8, 4) is 0 Å². The molecule has 3 rings (SSSR count). The summed E-state index contributed by atoms with van der Waals surface area (Å²) in [5.74, 6) is 0.940. The number of rotatable bonds is 5. The minimum Gasteiger partial charge on any atom is -0.330 e. The SMILES string of the molecule is NCC1(c2cccc(Cl)c2)CCCC(NCC2CC2)C1. The summed E-state index contributed by atoms with van der Waals surface area (Å²) in [6, 6.07) is 8.92. The van der Waals surface area contributed by atoms with Gasteiger partial charge >= 0.3 is 0 Å². The molecule has 0 amide bonds. The van der Waals surface area contributed by atoms with E-state index in [1.165, 1.54) is 44.2 Å². The van der Waals surface area contributed by atoms with Crippen LogP contribution >= 0.6 is 11.6 Å². The molecule has 0 saturated heterocycles. The first kappa shape index (κ1) is 14.4. The lowest BCUT2D eigenvalue weighted by Crippen LogP contribution is -2.46. The monoisotopic (exact) mass is 292 g/mol. The van der Waals surface area contributed by atoms with Crippen molar-refractivity contribution in [2.75, 3.05) is 13.1 Å². The third kappa shape index (κ3) is 3.19. The first-order chi connectivity index (χ1) is 9.72. The van der Waals surface area contributed by atoms with Gasteiger partial charge in [-0.1, -0.05) is 30.2 Å². The molecule has 2 saturated carbocycles. The van der Waals surface area contributed by atoms with E-state index >= 15 is 0 Å². The molecule has 2 atom stereocenters. The first-order valence-electron chi connectivity index (χ1n) is 7.91. The fraction of sp³-hybridized carbons (Fsp3) is 0.647. The van der Waals surface area contributed by atoms with Crippen LogP contribution < -0.4 is 11.1 Å². The number of halogens is 1. The van der Waals surface area contributed by atoms with Gasteiger partial charge in [0.05, 0.1) is 0 Å². The average Bonchev–Trinajstić information content (AvgIpc) is 3.29. The molecule has 110 valence electrons. The average molecular weight is 293 g/mol. The molecule has 0 heterocycles. The van der Waals surface area contributed by atoms with E-state index in [1.54, 1.807) is 0 Å². The molecule has 0 aromatic heterocycles. The van der Waals surface area contributed by atoms with Gasteiger partial charge in [-0.05, 0) is 62.3 Å². The van der Waals surface area contributed by atoms with E-state index in [0.29, 0.717) is 6.04 Å². The summed E-state index contributed by atoms with van der Waals surface area (Å²) in [6.45, 7) is 1.91. The molecule has 1 aromatic carbocycles. The molecule has 2 unspecified atom stereocenters. The van der Waals surface area contributed by atoms with Crippen LogP contribution in [0.2, 0.25) is 5.02 Å². The fourth-order valence-corrected chi connectivity index (χ4v) is 3.77. The Morgan fingerprint density at radius 2 is 2.15 bits per heavy atom. The van der Waals surface area contributed by atoms with Crippen molar-refractivity contribution < 1.29 is 0 Å². The zero-order valence-corrected chi connectivity index (χ0v) is 12.8. The fourth-order valence-electron chi connectivity index (χ4n) is 3.58. The summed E-state index contributed by atoms with van der Waals surface area (Å²) in [7, 11) is 0. The van der Waals surface area contributed by atoms with Crippen LogP contribution in [0.4, 0.5) is 0 Å². The Kier molecular flexibility index (Phi) is 4.34. The highest BCUT2D eigenvalue weighted by Crippen LogP contribution is 2.40. The molecule has 20 heavy (non-hydrogen) atoms. The molecule has 0 radical (unpaired) electrons. The largest absolute Gasteiger partial charge is 0.330 e. The van der Waals surface area contributed by atoms with Gasteiger partial charge in [0.15, 0.2) is 0 Å². The normalized spacial score (nSPS) is 30.4. The molecule has 1 aromatic rings. The van der Waals surface area contributed by atoms with Crippen molar-refractivity contribution >= 4 is 11.6 Å². The maximum Gasteiger partial charge on any atom is 0.0408 e. The van der Waals surface area contributed by atoms with E-state index < -0.39 is 0 Å². The van der Waals surface area contributed by atoms with E-state index in [1.807, 2.05) is 6.07 Å². The van der Waals surface area contributed by atoms with E-state index in [0.717, 1.165) is 23.9 Å². The Morgan fingerprint density at radius 3 is 2.85 bits per heavy atom. The lowest BCUT2D eigenvalue weighted by Gasteiger charge is -2.41. The van der Waals surface area contributed by atoms with Crippen LogP contribution in [-0.4, -0.2) is 19.1 Å². The quantitative estimate of drug-likeness (QED) is 0.872. The van der Waals surface area contributed by atoms with Crippen molar-refractivity contribution in [2.45, 2.75) is 50.0 Å². The van der Waals surface area contributed by atoms with Crippen LogP contribution in [0.3, 0.4) is 0 Å². The lowest BCUT2D eigenvalue weighted by atomic mass is 9.68. The summed E-state index contributed by atoms with van der Waals surface area (Å²) >= 11 is 6.17. The standard InChI is InChI=1S/C17H25ClN2/c18-15-4-1-3-14(9-15)17(12-19)8-2-5-16(10-17)20-11-13-6-7-13/h1,3-4,9,13,16,20H,2,5-8,10-12,19H2. The molecule has 3 heteroatoms. The zero-order valence-electron chi connectivity index (χ0n) is 12.1.